The van der Waals surface area contributed by atoms with Gasteiger partial charge in [-0.1, -0.05) is 40.7 Å². The molecule has 0 heterocycles. The maximum Gasteiger partial charge on any atom is 0.333 e. The summed E-state index contributed by atoms with van der Waals surface area (Å²) in [5.41, 5.74) is 0.615. The Bertz CT molecular complexity index is 523. The zero-order valence-electron chi connectivity index (χ0n) is 19.0. The summed E-state index contributed by atoms with van der Waals surface area (Å²) in [7, 11) is 0. The van der Waals surface area contributed by atoms with E-state index >= 15 is 0 Å². The van der Waals surface area contributed by atoms with Crippen molar-refractivity contribution in [1.82, 2.24) is 0 Å². The summed E-state index contributed by atoms with van der Waals surface area (Å²) in [5, 5.41) is 0. The van der Waals surface area contributed by atoms with Gasteiger partial charge in [-0.05, 0) is 50.4 Å². The van der Waals surface area contributed by atoms with Gasteiger partial charge in [0, 0.05) is 18.4 Å². The first-order chi connectivity index (χ1) is 13.6. The van der Waals surface area contributed by atoms with E-state index in [9.17, 15) is 14.4 Å². The lowest BCUT2D eigenvalue weighted by Crippen LogP contribution is -2.19. The predicted octanol–water partition coefficient (Wildman–Crippen LogP) is 5.00. The van der Waals surface area contributed by atoms with Crippen molar-refractivity contribution >= 4 is 17.9 Å². The van der Waals surface area contributed by atoms with Crippen LogP contribution in [0.4, 0.5) is 0 Å². The largest absolute Gasteiger partial charge is 0.466 e. The summed E-state index contributed by atoms with van der Waals surface area (Å²) in [4.78, 5) is 34.6. The van der Waals surface area contributed by atoms with Gasteiger partial charge in [-0.25, -0.2) is 4.79 Å². The zero-order chi connectivity index (χ0) is 22.3. The number of unbranched alkanes of at least 4 members (excludes halogenated alkanes) is 2. The van der Waals surface area contributed by atoms with E-state index in [4.69, 9.17) is 14.2 Å². The first-order valence-corrected chi connectivity index (χ1v) is 10.7. The number of hydrogen-bond acceptors (Lipinski definition) is 6. The molecule has 0 aromatic heterocycles. The van der Waals surface area contributed by atoms with Crippen molar-refractivity contribution in [1.29, 1.82) is 0 Å². The van der Waals surface area contributed by atoms with E-state index in [1.54, 1.807) is 6.92 Å². The van der Waals surface area contributed by atoms with Crippen molar-refractivity contribution in [2.45, 2.75) is 86.0 Å². The van der Waals surface area contributed by atoms with Crippen LogP contribution in [0.25, 0.3) is 0 Å². The summed E-state index contributed by atoms with van der Waals surface area (Å²) >= 11 is 0. The molecule has 0 aliphatic heterocycles. The highest BCUT2D eigenvalue weighted by atomic mass is 16.5. The van der Waals surface area contributed by atoms with Crippen molar-refractivity contribution in [3.63, 3.8) is 0 Å². The second-order valence-corrected chi connectivity index (χ2v) is 8.56. The highest BCUT2D eigenvalue weighted by Gasteiger charge is 2.19. The first-order valence-electron chi connectivity index (χ1n) is 10.7. The van der Waals surface area contributed by atoms with Crippen LogP contribution in [0.5, 0.6) is 0 Å². The SMILES string of the molecule is C=C(C)C(=O)OCCCC(=O)OCCCCCC(=O)OCC(C)CC(C)(C)CC. The number of carbonyl (C=O) groups is 3. The molecule has 0 aromatic rings. The third kappa shape index (κ3) is 15.7. The molecule has 0 radical (unpaired) electrons. The predicted molar refractivity (Wildman–Crippen MR) is 113 cm³/mol. The Labute approximate surface area is 176 Å². The van der Waals surface area contributed by atoms with Crippen molar-refractivity contribution < 1.29 is 28.6 Å². The highest BCUT2D eigenvalue weighted by molar-refractivity contribution is 5.86. The van der Waals surface area contributed by atoms with Gasteiger partial charge < -0.3 is 14.2 Å². The Morgan fingerprint density at radius 1 is 0.897 bits per heavy atom. The normalized spacial score (nSPS) is 12.2. The maximum atomic E-state index is 11.8. The second kappa shape index (κ2) is 15.1. The van der Waals surface area contributed by atoms with Crippen LogP contribution in [-0.2, 0) is 28.6 Å². The van der Waals surface area contributed by atoms with Gasteiger partial charge in [0.2, 0.25) is 0 Å². The van der Waals surface area contributed by atoms with Crippen LogP contribution in [0.1, 0.15) is 86.0 Å². The maximum absolute atomic E-state index is 11.8. The summed E-state index contributed by atoms with van der Waals surface area (Å²) in [6, 6.07) is 0. The molecule has 1 unspecified atom stereocenters. The summed E-state index contributed by atoms with van der Waals surface area (Å²) in [6.45, 7) is 14.8. The minimum absolute atomic E-state index is 0.160. The van der Waals surface area contributed by atoms with E-state index in [0.29, 0.717) is 44.0 Å². The van der Waals surface area contributed by atoms with Crippen LogP contribution in [0.15, 0.2) is 12.2 Å². The number of hydrogen-bond donors (Lipinski definition) is 0. The number of esters is 3. The van der Waals surface area contributed by atoms with E-state index in [2.05, 4.69) is 34.3 Å². The second-order valence-electron chi connectivity index (χ2n) is 8.56. The average Bonchev–Trinajstić information content (AvgIpc) is 2.65. The third-order valence-electron chi connectivity index (χ3n) is 4.78. The minimum Gasteiger partial charge on any atom is -0.466 e. The fourth-order valence-corrected chi connectivity index (χ4v) is 2.76. The average molecular weight is 413 g/mol. The van der Waals surface area contributed by atoms with Crippen LogP contribution in [0, 0.1) is 11.3 Å². The topological polar surface area (TPSA) is 78.9 Å². The van der Waals surface area contributed by atoms with Gasteiger partial charge in [0.05, 0.1) is 19.8 Å². The van der Waals surface area contributed by atoms with Crippen LogP contribution in [-0.4, -0.2) is 37.7 Å². The van der Waals surface area contributed by atoms with Gasteiger partial charge in [0.25, 0.3) is 0 Å². The molecule has 168 valence electrons. The van der Waals surface area contributed by atoms with Gasteiger partial charge in [-0.3, -0.25) is 9.59 Å². The summed E-state index contributed by atoms with van der Waals surface area (Å²) in [6.07, 6.45) is 5.42. The van der Waals surface area contributed by atoms with Gasteiger partial charge >= 0.3 is 17.9 Å². The minimum atomic E-state index is -0.448. The van der Waals surface area contributed by atoms with Gasteiger partial charge in [0.1, 0.15) is 0 Å². The molecule has 0 N–H and O–H groups in total. The van der Waals surface area contributed by atoms with E-state index in [1.165, 1.54) is 0 Å². The molecule has 0 rings (SSSR count). The van der Waals surface area contributed by atoms with E-state index in [1.807, 2.05) is 0 Å². The van der Waals surface area contributed by atoms with Crippen molar-refractivity contribution in [3.8, 4) is 0 Å². The molecule has 0 aliphatic carbocycles. The van der Waals surface area contributed by atoms with Crippen LogP contribution < -0.4 is 0 Å². The molecule has 0 saturated heterocycles. The smallest absolute Gasteiger partial charge is 0.333 e. The number of ether oxygens (including phenoxy) is 3. The highest BCUT2D eigenvalue weighted by Crippen LogP contribution is 2.28. The number of rotatable bonds is 16. The quantitative estimate of drug-likeness (QED) is 0.154. The summed E-state index contributed by atoms with van der Waals surface area (Å²) in [5.74, 6) is -0.555. The van der Waals surface area contributed by atoms with Gasteiger partial charge in [-0.15, -0.1) is 0 Å². The Morgan fingerprint density at radius 3 is 2.10 bits per heavy atom. The molecule has 6 nitrogen and oxygen atoms in total. The fraction of sp³-hybridized carbons (Fsp3) is 0.783. The molecule has 0 bridgehead atoms. The zero-order valence-corrected chi connectivity index (χ0v) is 19.0. The molecule has 29 heavy (non-hydrogen) atoms. The molecule has 0 amide bonds. The Morgan fingerprint density at radius 2 is 1.48 bits per heavy atom. The van der Waals surface area contributed by atoms with E-state index in [0.717, 1.165) is 25.7 Å². The van der Waals surface area contributed by atoms with E-state index in [-0.39, 0.29) is 30.4 Å². The van der Waals surface area contributed by atoms with Crippen molar-refractivity contribution in [2.75, 3.05) is 19.8 Å². The molecule has 0 saturated carbocycles. The van der Waals surface area contributed by atoms with E-state index < -0.39 is 5.97 Å². The Balaban J connectivity index is 3.61. The fourth-order valence-electron chi connectivity index (χ4n) is 2.76. The lowest BCUT2D eigenvalue weighted by molar-refractivity contribution is -0.146. The van der Waals surface area contributed by atoms with Crippen LogP contribution in [0.3, 0.4) is 0 Å². The van der Waals surface area contributed by atoms with Crippen LogP contribution in [0.2, 0.25) is 0 Å². The lowest BCUT2D eigenvalue weighted by atomic mass is 9.81. The molecular weight excluding hydrogens is 372 g/mol. The molecule has 0 spiro atoms. The summed E-state index contributed by atoms with van der Waals surface area (Å²) < 4.78 is 15.4. The standard InChI is InChI=1S/C23H40O6/c1-7-23(5,6)16-19(4)17-29-21(25)12-9-8-10-14-27-20(24)13-11-15-28-22(26)18(2)3/h19H,2,7-17H2,1,3-6H3. The number of carbonyl (C=O) groups excluding carboxylic acids is 3. The van der Waals surface area contributed by atoms with Crippen LogP contribution >= 0.6 is 0 Å². The van der Waals surface area contributed by atoms with Crippen molar-refractivity contribution in [2.24, 2.45) is 11.3 Å². The molecular formula is C23H40O6. The van der Waals surface area contributed by atoms with Gasteiger partial charge in [-0.2, -0.15) is 0 Å². The first kappa shape index (κ1) is 27.1. The van der Waals surface area contributed by atoms with Crippen molar-refractivity contribution in [3.05, 3.63) is 12.2 Å². The lowest BCUT2D eigenvalue weighted by Gasteiger charge is -2.26. The monoisotopic (exact) mass is 412 g/mol. The third-order valence-corrected chi connectivity index (χ3v) is 4.78. The van der Waals surface area contributed by atoms with Gasteiger partial charge in [0.15, 0.2) is 0 Å². The molecule has 6 heteroatoms. The Kier molecular flexibility index (Phi) is 14.1. The molecule has 1 atom stereocenters. The molecule has 0 aliphatic rings. The Hall–Kier alpha value is -1.85. The molecule has 0 fully saturated rings. The molecule has 0 aromatic carbocycles.